The van der Waals surface area contributed by atoms with Gasteiger partial charge in [0.15, 0.2) is 0 Å². The van der Waals surface area contributed by atoms with Crippen molar-refractivity contribution in [2.75, 3.05) is 26.0 Å². The van der Waals surface area contributed by atoms with Crippen molar-refractivity contribution in [1.29, 1.82) is 0 Å². The van der Waals surface area contributed by atoms with Crippen LogP contribution in [-0.4, -0.2) is 48.7 Å². The Labute approximate surface area is 123 Å². The first kappa shape index (κ1) is 16.0. The molecule has 8 heteroatoms. The van der Waals surface area contributed by atoms with E-state index in [1.165, 1.54) is 26.3 Å². The highest BCUT2D eigenvalue weighted by Crippen LogP contribution is 2.20. The number of carboxylic acid groups (broad SMARTS) is 1. The number of urea groups is 1. The number of aromatic carboxylic acids is 1. The molecule has 1 aromatic carbocycles. The molecule has 0 spiro atoms. The van der Waals surface area contributed by atoms with E-state index in [1.807, 2.05) is 0 Å². The van der Waals surface area contributed by atoms with E-state index in [4.69, 9.17) is 5.11 Å². The summed E-state index contributed by atoms with van der Waals surface area (Å²) in [7, 11) is 2.64. The van der Waals surface area contributed by atoms with E-state index in [-0.39, 0.29) is 12.1 Å². The molecular formula is C12H13BrN2O5. The molecule has 0 bridgehead atoms. The Kier molecular flexibility index (Phi) is 5.51. The normalized spacial score (nSPS) is 9.75. The summed E-state index contributed by atoms with van der Waals surface area (Å²) in [4.78, 5) is 34.9. The molecule has 0 unspecified atom stereocenters. The maximum atomic E-state index is 11.8. The number of hydrogen-bond donors (Lipinski definition) is 2. The number of benzene rings is 1. The lowest BCUT2D eigenvalue weighted by Gasteiger charge is -2.16. The van der Waals surface area contributed by atoms with Crippen LogP contribution in [0.4, 0.5) is 10.5 Å². The highest BCUT2D eigenvalue weighted by atomic mass is 79.9. The van der Waals surface area contributed by atoms with Gasteiger partial charge in [-0.05, 0) is 18.2 Å². The van der Waals surface area contributed by atoms with Crippen LogP contribution in [0.5, 0.6) is 0 Å². The monoisotopic (exact) mass is 344 g/mol. The maximum Gasteiger partial charge on any atom is 0.335 e. The summed E-state index contributed by atoms with van der Waals surface area (Å²) in [6.07, 6.45) is 0. The number of hydrogen-bond acceptors (Lipinski definition) is 4. The number of likely N-dealkylation sites (N-methyl/N-ethyl adjacent to an activating group) is 1. The minimum absolute atomic E-state index is 0.0327. The van der Waals surface area contributed by atoms with E-state index in [0.29, 0.717) is 10.2 Å². The molecule has 1 rings (SSSR count). The molecule has 2 N–H and O–H groups in total. The molecule has 2 amide bonds. The number of rotatable bonds is 4. The Bertz CT molecular complexity index is 547. The van der Waals surface area contributed by atoms with Crippen LogP contribution >= 0.6 is 15.9 Å². The van der Waals surface area contributed by atoms with Crippen LogP contribution in [0.1, 0.15) is 10.4 Å². The van der Waals surface area contributed by atoms with E-state index in [9.17, 15) is 14.4 Å². The molecule has 0 aliphatic carbocycles. The predicted octanol–water partition coefficient (Wildman–Crippen LogP) is 1.78. The van der Waals surface area contributed by atoms with Gasteiger partial charge >= 0.3 is 18.0 Å². The summed E-state index contributed by atoms with van der Waals surface area (Å²) in [5, 5.41) is 11.4. The second-order valence-electron chi connectivity index (χ2n) is 3.90. The van der Waals surface area contributed by atoms with E-state index >= 15 is 0 Å². The fraction of sp³-hybridized carbons (Fsp3) is 0.250. The molecule has 0 radical (unpaired) electrons. The van der Waals surface area contributed by atoms with Gasteiger partial charge in [0.05, 0.1) is 12.7 Å². The first-order chi connectivity index (χ1) is 9.33. The van der Waals surface area contributed by atoms with E-state index in [1.54, 1.807) is 6.07 Å². The summed E-state index contributed by atoms with van der Waals surface area (Å²) in [5.74, 6) is -1.66. The lowest BCUT2D eigenvalue weighted by atomic mass is 10.2. The summed E-state index contributed by atoms with van der Waals surface area (Å²) >= 11 is 3.16. The minimum Gasteiger partial charge on any atom is -0.478 e. The van der Waals surface area contributed by atoms with Gasteiger partial charge in [0.2, 0.25) is 0 Å². The Hall–Kier alpha value is -2.09. The standard InChI is InChI=1S/C12H13BrN2O5/c1-15(6-10(16)20-2)12(19)14-9-4-7(11(17)18)3-8(13)5-9/h3-5H,6H2,1-2H3,(H,14,19)(H,17,18). The van der Waals surface area contributed by atoms with Gasteiger partial charge in [0.1, 0.15) is 6.54 Å². The van der Waals surface area contributed by atoms with Crippen molar-refractivity contribution in [1.82, 2.24) is 4.90 Å². The van der Waals surface area contributed by atoms with Gasteiger partial charge in [0, 0.05) is 17.2 Å². The lowest BCUT2D eigenvalue weighted by molar-refractivity contribution is -0.140. The number of carbonyl (C=O) groups is 3. The fourth-order valence-corrected chi connectivity index (χ4v) is 1.83. The molecule has 0 saturated heterocycles. The first-order valence-electron chi connectivity index (χ1n) is 5.46. The zero-order chi connectivity index (χ0) is 15.3. The van der Waals surface area contributed by atoms with Crippen LogP contribution in [0, 0.1) is 0 Å². The molecule has 0 aromatic heterocycles. The Morgan fingerprint density at radius 2 is 2.00 bits per heavy atom. The average Bonchev–Trinajstić information content (AvgIpc) is 2.37. The minimum atomic E-state index is -1.11. The van der Waals surface area contributed by atoms with Gasteiger partial charge in [0.25, 0.3) is 0 Å². The highest BCUT2D eigenvalue weighted by molar-refractivity contribution is 9.10. The number of esters is 1. The molecule has 1 aromatic rings. The van der Waals surface area contributed by atoms with Crippen molar-refractivity contribution in [2.24, 2.45) is 0 Å². The third-order valence-electron chi connectivity index (χ3n) is 2.34. The van der Waals surface area contributed by atoms with E-state index in [0.717, 1.165) is 4.90 Å². The van der Waals surface area contributed by atoms with Gasteiger partial charge in [-0.1, -0.05) is 15.9 Å². The maximum absolute atomic E-state index is 11.8. The lowest BCUT2D eigenvalue weighted by Crippen LogP contribution is -2.36. The third kappa shape index (κ3) is 4.54. The second kappa shape index (κ2) is 6.90. The molecule has 0 heterocycles. The number of methoxy groups -OCH3 is 1. The topological polar surface area (TPSA) is 95.9 Å². The molecule has 0 fully saturated rings. The molecular weight excluding hydrogens is 332 g/mol. The van der Waals surface area contributed by atoms with E-state index < -0.39 is 18.0 Å². The fourth-order valence-electron chi connectivity index (χ4n) is 1.33. The second-order valence-corrected chi connectivity index (χ2v) is 4.81. The quantitative estimate of drug-likeness (QED) is 0.811. The third-order valence-corrected chi connectivity index (χ3v) is 2.79. The van der Waals surface area contributed by atoms with Gasteiger partial charge < -0.3 is 20.1 Å². The van der Waals surface area contributed by atoms with Crippen LogP contribution < -0.4 is 5.32 Å². The molecule has 108 valence electrons. The van der Waals surface area contributed by atoms with Crippen molar-refractivity contribution in [2.45, 2.75) is 0 Å². The summed E-state index contributed by atoms with van der Waals surface area (Å²) in [6.45, 7) is -0.206. The first-order valence-corrected chi connectivity index (χ1v) is 6.25. The number of amides is 2. The number of carbonyl (C=O) groups excluding carboxylic acids is 2. The number of nitrogens with one attached hydrogen (secondary N) is 1. The van der Waals surface area contributed by atoms with Crippen molar-refractivity contribution < 1.29 is 24.2 Å². The van der Waals surface area contributed by atoms with Crippen LogP contribution in [-0.2, 0) is 9.53 Å². The molecule has 7 nitrogen and oxygen atoms in total. The largest absolute Gasteiger partial charge is 0.478 e. The summed E-state index contributed by atoms with van der Waals surface area (Å²) < 4.78 is 4.96. The Morgan fingerprint density at radius 1 is 1.35 bits per heavy atom. The van der Waals surface area contributed by atoms with Gasteiger partial charge in [-0.25, -0.2) is 9.59 Å². The Balaban J connectivity index is 2.80. The summed E-state index contributed by atoms with van der Waals surface area (Å²) in [6, 6.07) is 3.73. The van der Waals surface area contributed by atoms with Crippen LogP contribution in [0.2, 0.25) is 0 Å². The van der Waals surface area contributed by atoms with Gasteiger partial charge in [-0.15, -0.1) is 0 Å². The average molecular weight is 345 g/mol. The van der Waals surface area contributed by atoms with Crippen molar-refractivity contribution in [3.8, 4) is 0 Å². The summed E-state index contributed by atoms with van der Waals surface area (Å²) in [5.41, 5.74) is 0.337. The van der Waals surface area contributed by atoms with E-state index in [2.05, 4.69) is 26.0 Å². The molecule has 20 heavy (non-hydrogen) atoms. The smallest absolute Gasteiger partial charge is 0.335 e. The number of halogens is 1. The highest BCUT2D eigenvalue weighted by Gasteiger charge is 2.14. The molecule has 0 aliphatic heterocycles. The van der Waals surface area contributed by atoms with Crippen LogP contribution in [0.15, 0.2) is 22.7 Å². The number of nitrogens with zero attached hydrogens (tertiary/aromatic N) is 1. The number of anilines is 1. The van der Waals surface area contributed by atoms with Crippen LogP contribution in [0.3, 0.4) is 0 Å². The zero-order valence-electron chi connectivity index (χ0n) is 10.8. The van der Waals surface area contributed by atoms with Crippen LogP contribution in [0.25, 0.3) is 0 Å². The SMILES string of the molecule is COC(=O)CN(C)C(=O)Nc1cc(Br)cc(C(=O)O)c1. The molecule has 0 aliphatic rings. The van der Waals surface area contributed by atoms with Gasteiger partial charge in [-0.2, -0.15) is 0 Å². The number of ether oxygens (including phenoxy) is 1. The Morgan fingerprint density at radius 3 is 2.55 bits per heavy atom. The molecule has 0 saturated carbocycles. The van der Waals surface area contributed by atoms with Crippen molar-refractivity contribution >= 4 is 39.6 Å². The molecule has 0 atom stereocenters. The zero-order valence-corrected chi connectivity index (χ0v) is 12.4. The van der Waals surface area contributed by atoms with Gasteiger partial charge in [-0.3, -0.25) is 4.79 Å². The van der Waals surface area contributed by atoms with Crippen molar-refractivity contribution in [3.63, 3.8) is 0 Å². The van der Waals surface area contributed by atoms with Crippen molar-refractivity contribution in [3.05, 3.63) is 28.2 Å². The predicted molar refractivity (Wildman–Crippen MR) is 74.8 cm³/mol. The number of carboxylic acids is 1.